The molecule has 0 spiro atoms. The number of ether oxygens (including phenoxy) is 2. The highest BCUT2D eigenvalue weighted by atomic mass is 16.6. The Morgan fingerprint density at radius 1 is 1.04 bits per heavy atom. The van der Waals surface area contributed by atoms with Gasteiger partial charge in [-0.15, -0.1) is 0 Å². The van der Waals surface area contributed by atoms with Crippen molar-refractivity contribution < 1.29 is 24.2 Å². The second-order valence-corrected chi connectivity index (χ2v) is 8.53. The highest BCUT2D eigenvalue weighted by Crippen LogP contribution is 2.15. The van der Waals surface area contributed by atoms with E-state index in [-0.39, 0.29) is 13.0 Å². The van der Waals surface area contributed by atoms with Gasteiger partial charge < -0.3 is 30.9 Å². The molecule has 0 radical (unpaired) electrons. The molecule has 8 nitrogen and oxygen atoms in total. The van der Waals surface area contributed by atoms with Gasteiger partial charge in [-0.3, -0.25) is 0 Å². The molecule has 0 saturated heterocycles. The van der Waals surface area contributed by atoms with Crippen LogP contribution in [-0.2, 0) is 20.7 Å². The summed E-state index contributed by atoms with van der Waals surface area (Å²) in [5.41, 5.74) is 5.50. The molecule has 0 aliphatic carbocycles. The van der Waals surface area contributed by atoms with Crippen LogP contribution in [0.5, 0.6) is 0 Å². The zero-order valence-corrected chi connectivity index (χ0v) is 17.5. The highest BCUT2D eigenvalue weighted by molar-refractivity contribution is 5.82. The summed E-state index contributed by atoms with van der Waals surface area (Å²) in [6.45, 7) is 10.6. The van der Waals surface area contributed by atoms with Gasteiger partial charge in [0.05, 0.1) is 0 Å². The normalized spacial score (nSPS) is 14.0. The van der Waals surface area contributed by atoms with Gasteiger partial charge in [-0.1, -0.05) is 12.1 Å². The number of aliphatic hydroxyl groups is 1. The molecule has 158 valence electrons. The van der Waals surface area contributed by atoms with Crippen molar-refractivity contribution in [3.8, 4) is 0 Å². The summed E-state index contributed by atoms with van der Waals surface area (Å²) in [6.07, 6.45) is -1.30. The maximum absolute atomic E-state index is 12.6. The second-order valence-electron chi connectivity index (χ2n) is 8.53. The Morgan fingerprint density at radius 2 is 1.57 bits per heavy atom. The van der Waals surface area contributed by atoms with Crippen molar-refractivity contribution in [1.82, 2.24) is 5.32 Å². The fourth-order valence-corrected chi connectivity index (χ4v) is 2.24. The zero-order chi connectivity index (χ0) is 21.5. The fraction of sp³-hybridized carbons (Fsp3) is 0.600. The summed E-state index contributed by atoms with van der Waals surface area (Å²) >= 11 is 0. The number of carbonyl (C=O) groups excluding carboxylic acids is 2. The number of hydrogen-bond acceptors (Lipinski definition) is 7. The summed E-state index contributed by atoms with van der Waals surface area (Å²) in [4.78, 5) is 24.7. The standard InChI is InChI=1S/C20H33N3O5/c1-19(2,3)27-17(25)15(23-18(26)28-20(4,5)6)11-13-7-9-14(10-8-13)22-16(24)12-21/h7-10,15-16,22,24H,11-12,21H2,1-6H3,(H,23,26)/t15-,16?/m0/s1. The number of nitrogens with one attached hydrogen (secondary N) is 2. The molecule has 0 fully saturated rings. The zero-order valence-electron chi connectivity index (χ0n) is 17.5. The van der Waals surface area contributed by atoms with Crippen molar-refractivity contribution in [2.75, 3.05) is 11.9 Å². The average Bonchev–Trinajstić information content (AvgIpc) is 2.52. The van der Waals surface area contributed by atoms with Gasteiger partial charge in [0.1, 0.15) is 23.5 Å². The summed E-state index contributed by atoms with van der Waals surface area (Å²) in [5, 5.41) is 15.0. The van der Waals surface area contributed by atoms with E-state index in [9.17, 15) is 14.7 Å². The van der Waals surface area contributed by atoms with E-state index in [1.54, 1.807) is 65.8 Å². The van der Waals surface area contributed by atoms with Gasteiger partial charge in [0.2, 0.25) is 0 Å². The molecule has 0 aliphatic rings. The van der Waals surface area contributed by atoms with Crippen LogP contribution in [0.2, 0.25) is 0 Å². The molecule has 5 N–H and O–H groups in total. The summed E-state index contributed by atoms with van der Waals surface area (Å²) < 4.78 is 10.7. The lowest BCUT2D eigenvalue weighted by Crippen LogP contribution is -2.47. The SMILES string of the molecule is CC(C)(C)OC(=O)N[C@@H](Cc1ccc(NC(O)CN)cc1)C(=O)OC(C)(C)C. The molecule has 1 amide bonds. The maximum atomic E-state index is 12.6. The number of benzene rings is 1. The first-order valence-electron chi connectivity index (χ1n) is 9.25. The van der Waals surface area contributed by atoms with E-state index >= 15 is 0 Å². The molecule has 2 atom stereocenters. The smallest absolute Gasteiger partial charge is 0.408 e. The van der Waals surface area contributed by atoms with Crippen molar-refractivity contribution in [3.63, 3.8) is 0 Å². The third kappa shape index (κ3) is 9.57. The van der Waals surface area contributed by atoms with Crippen molar-refractivity contribution in [2.45, 2.75) is 71.4 Å². The van der Waals surface area contributed by atoms with E-state index in [4.69, 9.17) is 15.2 Å². The van der Waals surface area contributed by atoms with Crippen LogP contribution in [0.15, 0.2) is 24.3 Å². The minimum absolute atomic E-state index is 0.0856. The maximum Gasteiger partial charge on any atom is 0.408 e. The Kier molecular flexibility index (Phi) is 8.26. The van der Waals surface area contributed by atoms with Crippen LogP contribution in [0.4, 0.5) is 10.5 Å². The van der Waals surface area contributed by atoms with Gasteiger partial charge in [-0.25, -0.2) is 9.59 Å². The molecule has 1 aromatic carbocycles. The number of amides is 1. The molecule has 1 aromatic rings. The Balaban J connectivity index is 2.89. The van der Waals surface area contributed by atoms with E-state index in [2.05, 4.69) is 10.6 Å². The van der Waals surface area contributed by atoms with Crippen LogP contribution in [-0.4, -0.2) is 47.2 Å². The topological polar surface area (TPSA) is 123 Å². The van der Waals surface area contributed by atoms with Crippen molar-refractivity contribution in [1.29, 1.82) is 0 Å². The first-order valence-corrected chi connectivity index (χ1v) is 9.25. The minimum atomic E-state index is -0.900. The number of hydrogen-bond donors (Lipinski definition) is 4. The van der Waals surface area contributed by atoms with Crippen LogP contribution in [0.25, 0.3) is 0 Å². The van der Waals surface area contributed by atoms with Gasteiger partial charge in [-0.2, -0.15) is 0 Å². The molecule has 0 aliphatic heterocycles. The van der Waals surface area contributed by atoms with Crippen LogP contribution in [0.3, 0.4) is 0 Å². The Bertz CT molecular complexity index is 647. The van der Waals surface area contributed by atoms with Crippen LogP contribution < -0.4 is 16.4 Å². The Morgan fingerprint density at radius 3 is 2.04 bits per heavy atom. The molecule has 1 unspecified atom stereocenters. The lowest BCUT2D eigenvalue weighted by atomic mass is 10.0. The molecule has 8 heteroatoms. The molecular weight excluding hydrogens is 362 g/mol. The third-order valence-corrected chi connectivity index (χ3v) is 3.33. The number of rotatable bonds is 7. The van der Waals surface area contributed by atoms with E-state index in [1.165, 1.54) is 0 Å². The molecular formula is C20H33N3O5. The van der Waals surface area contributed by atoms with E-state index in [1.807, 2.05) is 0 Å². The predicted octanol–water partition coefficient (Wildman–Crippen LogP) is 2.15. The molecule has 0 aromatic heterocycles. The summed E-state index contributed by atoms with van der Waals surface area (Å²) in [7, 11) is 0. The summed E-state index contributed by atoms with van der Waals surface area (Å²) in [6, 6.07) is 6.20. The molecule has 1 rings (SSSR count). The van der Waals surface area contributed by atoms with Crippen LogP contribution in [0, 0.1) is 0 Å². The van der Waals surface area contributed by atoms with Crippen LogP contribution >= 0.6 is 0 Å². The van der Waals surface area contributed by atoms with E-state index < -0.39 is 35.5 Å². The first kappa shape index (κ1) is 23.7. The van der Waals surface area contributed by atoms with Crippen molar-refractivity contribution in [3.05, 3.63) is 29.8 Å². The largest absolute Gasteiger partial charge is 0.458 e. The molecule has 0 heterocycles. The lowest BCUT2D eigenvalue weighted by Gasteiger charge is -2.26. The summed E-state index contributed by atoms with van der Waals surface area (Å²) in [5.74, 6) is -0.542. The van der Waals surface area contributed by atoms with Gasteiger partial charge in [0.25, 0.3) is 0 Å². The number of esters is 1. The number of anilines is 1. The average molecular weight is 396 g/mol. The number of alkyl carbamates (subject to hydrolysis) is 1. The number of aliphatic hydroxyl groups excluding tert-OH is 1. The molecule has 0 bridgehead atoms. The molecule has 0 saturated carbocycles. The molecule has 28 heavy (non-hydrogen) atoms. The van der Waals surface area contributed by atoms with Crippen molar-refractivity contribution >= 4 is 17.7 Å². The highest BCUT2D eigenvalue weighted by Gasteiger charge is 2.28. The van der Waals surface area contributed by atoms with E-state index in [0.717, 1.165) is 5.56 Å². The van der Waals surface area contributed by atoms with E-state index in [0.29, 0.717) is 5.69 Å². The van der Waals surface area contributed by atoms with Crippen molar-refractivity contribution in [2.24, 2.45) is 5.73 Å². The second kappa shape index (κ2) is 9.75. The number of nitrogens with two attached hydrogens (primary N) is 1. The quantitative estimate of drug-likeness (QED) is 0.412. The predicted molar refractivity (Wildman–Crippen MR) is 108 cm³/mol. The van der Waals surface area contributed by atoms with Crippen LogP contribution in [0.1, 0.15) is 47.1 Å². The fourth-order valence-electron chi connectivity index (χ4n) is 2.24. The monoisotopic (exact) mass is 395 g/mol. The van der Waals surface area contributed by atoms with Gasteiger partial charge >= 0.3 is 12.1 Å². The number of carbonyl (C=O) groups is 2. The minimum Gasteiger partial charge on any atom is -0.458 e. The lowest BCUT2D eigenvalue weighted by molar-refractivity contribution is -0.157. The van der Waals surface area contributed by atoms with Gasteiger partial charge in [-0.05, 0) is 59.2 Å². The third-order valence-electron chi connectivity index (χ3n) is 3.33. The first-order chi connectivity index (χ1) is 12.8. The Hall–Kier alpha value is -2.32. The van der Waals surface area contributed by atoms with Gasteiger partial charge in [0, 0.05) is 18.7 Å². The van der Waals surface area contributed by atoms with Gasteiger partial charge in [0.15, 0.2) is 0 Å². The Labute approximate surface area is 166 Å².